The molecule has 6 aliphatic rings. The van der Waals surface area contributed by atoms with Gasteiger partial charge in [0.2, 0.25) is 5.78 Å². The Morgan fingerprint density at radius 3 is 2.49 bits per heavy atom. The molecule has 0 unspecified atom stereocenters. The van der Waals surface area contributed by atoms with Gasteiger partial charge in [0, 0.05) is 29.7 Å². The van der Waals surface area contributed by atoms with Crippen molar-refractivity contribution >= 4 is 46.8 Å². The smallest absolute Gasteiger partial charge is 0.346 e. The first-order valence-corrected chi connectivity index (χ1v) is 21.7. The van der Waals surface area contributed by atoms with E-state index in [1.807, 2.05) is 26.8 Å². The lowest BCUT2D eigenvalue weighted by atomic mass is 9.51. The van der Waals surface area contributed by atoms with Crippen molar-refractivity contribution in [3.05, 3.63) is 80.9 Å². The van der Waals surface area contributed by atoms with Crippen molar-refractivity contribution in [2.75, 3.05) is 0 Å². The fourth-order valence-electron chi connectivity index (χ4n) is 11.4. The van der Waals surface area contributed by atoms with Crippen LogP contribution in [0.4, 0.5) is 0 Å². The van der Waals surface area contributed by atoms with E-state index in [0.29, 0.717) is 32.1 Å². The largest absolute Gasteiger partial charge is 0.511 e. The monoisotopic (exact) mass is 854 g/mol. The van der Waals surface area contributed by atoms with Gasteiger partial charge in [0.1, 0.15) is 22.2 Å². The molecule has 1 amide bonds. The van der Waals surface area contributed by atoms with E-state index in [9.17, 15) is 29.7 Å². The number of ketones is 1. The van der Waals surface area contributed by atoms with Crippen molar-refractivity contribution in [3.63, 3.8) is 0 Å². The number of fused-ring (bicyclic) bond motifs is 4. The average Bonchev–Trinajstić information content (AvgIpc) is 3.65. The van der Waals surface area contributed by atoms with Gasteiger partial charge < -0.3 is 39.8 Å². The Balaban J connectivity index is 1.23. The summed E-state index contributed by atoms with van der Waals surface area (Å²) in [4.78, 5) is 57.7. The van der Waals surface area contributed by atoms with Crippen molar-refractivity contribution in [2.24, 2.45) is 40.4 Å². The van der Waals surface area contributed by atoms with E-state index in [1.54, 1.807) is 19.9 Å². The molecule has 7 rings (SSSR count). The number of carbonyl (C=O) groups is 4. The normalized spacial score (nSPS) is 41.1. The Morgan fingerprint density at radius 1 is 1.10 bits per heavy atom. The summed E-state index contributed by atoms with van der Waals surface area (Å²) < 4.78 is 19.4. The highest BCUT2D eigenvalue weighted by molar-refractivity contribution is 6.36. The lowest BCUT2D eigenvalue weighted by molar-refractivity contribution is -0.258. The van der Waals surface area contributed by atoms with E-state index in [1.165, 1.54) is 6.07 Å². The number of Topliss-reactive ketones (excluding diaryl/α,β-unsaturated/α-hetero) is 1. The number of amides is 1. The van der Waals surface area contributed by atoms with Crippen LogP contribution in [0.25, 0.3) is 0 Å². The summed E-state index contributed by atoms with van der Waals surface area (Å²) >= 11 is 12.2. The first-order chi connectivity index (χ1) is 27.9. The van der Waals surface area contributed by atoms with Crippen LogP contribution in [0.5, 0.6) is 0 Å². The zero-order valence-corrected chi connectivity index (χ0v) is 35.9. The number of aromatic amines is 1. The molecule has 1 aromatic heterocycles. The molecule has 4 aliphatic carbocycles. The van der Waals surface area contributed by atoms with Gasteiger partial charge in [-0.05, 0) is 89.0 Å². The van der Waals surface area contributed by atoms with Gasteiger partial charge in [-0.2, -0.15) is 0 Å². The number of carboxylic acids is 1. The average molecular weight is 856 g/mol. The van der Waals surface area contributed by atoms with Crippen molar-refractivity contribution < 1.29 is 48.7 Å². The van der Waals surface area contributed by atoms with Gasteiger partial charge in [-0.15, -0.1) is 0 Å². The van der Waals surface area contributed by atoms with Gasteiger partial charge >= 0.3 is 11.9 Å². The van der Waals surface area contributed by atoms with Crippen LogP contribution < -0.4 is 5.32 Å². The van der Waals surface area contributed by atoms with E-state index in [0.717, 1.165) is 12.0 Å². The number of allylic oxidation sites excluding steroid dienone is 5. The van der Waals surface area contributed by atoms with Crippen LogP contribution in [0.2, 0.25) is 10.2 Å². The summed E-state index contributed by atoms with van der Waals surface area (Å²) in [7, 11) is 0. The van der Waals surface area contributed by atoms with Gasteiger partial charge in [-0.1, -0.05) is 86.0 Å². The zero-order valence-electron chi connectivity index (χ0n) is 34.4. The number of rotatable bonds is 7. The highest BCUT2D eigenvalue weighted by atomic mass is 35.5. The number of esters is 1. The van der Waals surface area contributed by atoms with Gasteiger partial charge in [0.25, 0.3) is 5.91 Å². The first kappa shape index (κ1) is 43.4. The molecule has 5 N–H and O–H groups in total. The van der Waals surface area contributed by atoms with Crippen LogP contribution in [-0.4, -0.2) is 80.2 Å². The molecular formula is C45H56Cl2N2O10. The topological polar surface area (TPSA) is 184 Å². The molecule has 2 bridgehead atoms. The molecule has 1 spiro atoms. The van der Waals surface area contributed by atoms with Crippen LogP contribution in [-0.2, 0) is 28.6 Å². The van der Waals surface area contributed by atoms with E-state index in [4.69, 9.17) is 37.4 Å². The summed E-state index contributed by atoms with van der Waals surface area (Å²) in [5.74, 6) is -4.71. The molecule has 13 atom stereocenters. The SMILES string of the molecule is CC[C@H]1C[C@]23OC(=O)C(=C(O)[C@@]4(CC)[C@@H]5CC[C@H](C)[C@H](O[C@H]6C[C@@H](O)[C@H](NC(=O)c7[nH]c(Cl)cc7Cl)[C@@H](C)O6)[C@H]5C=C[C@H]4C/C=C/C/C(C)=C\[C@@]2(C)C=C1C(=O)O)C3=O. The number of aliphatic hydroxyl groups excluding tert-OH is 2. The summed E-state index contributed by atoms with van der Waals surface area (Å²) in [6, 6.07) is 0.664. The molecule has 0 radical (unpaired) electrons. The Kier molecular flexibility index (Phi) is 12.0. The maximum Gasteiger partial charge on any atom is 0.346 e. The third-order valence-electron chi connectivity index (χ3n) is 14.4. The number of aliphatic carboxylic acids is 1. The molecule has 12 nitrogen and oxygen atoms in total. The molecule has 1 aromatic rings. The summed E-state index contributed by atoms with van der Waals surface area (Å²) in [6.45, 7) is 11.4. The minimum Gasteiger partial charge on any atom is -0.511 e. The van der Waals surface area contributed by atoms with E-state index >= 15 is 4.79 Å². The van der Waals surface area contributed by atoms with E-state index in [2.05, 4.69) is 41.5 Å². The summed E-state index contributed by atoms with van der Waals surface area (Å²) in [5.41, 5.74) is -3.32. The number of carboxylic acid groups (broad SMARTS) is 1. The number of hydrogen-bond donors (Lipinski definition) is 5. The quantitative estimate of drug-likeness (QED) is 0.102. The molecule has 14 heteroatoms. The molecule has 3 fully saturated rings. The second kappa shape index (κ2) is 16.3. The van der Waals surface area contributed by atoms with E-state index < -0.39 is 76.6 Å². The lowest BCUT2D eigenvalue weighted by Crippen LogP contribution is -2.58. The fraction of sp³-hybridized carbons (Fsp3) is 0.600. The van der Waals surface area contributed by atoms with Gasteiger partial charge in [-0.25, -0.2) is 9.59 Å². The third kappa shape index (κ3) is 7.24. The number of hydrogen-bond acceptors (Lipinski definition) is 9. The van der Waals surface area contributed by atoms with Crippen LogP contribution >= 0.6 is 23.2 Å². The molecule has 0 aromatic carbocycles. The highest BCUT2D eigenvalue weighted by Gasteiger charge is 2.67. The minimum atomic E-state index is -1.75. The Hall–Kier alpha value is -3.68. The van der Waals surface area contributed by atoms with Gasteiger partial charge in [0.05, 0.1) is 34.8 Å². The Bertz CT molecular complexity index is 2040. The van der Waals surface area contributed by atoms with Crippen LogP contribution in [0.15, 0.2) is 65.0 Å². The van der Waals surface area contributed by atoms with Crippen molar-refractivity contribution in [1.29, 1.82) is 0 Å². The van der Waals surface area contributed by atoms with Crippen molar-refractivity contribution in [1.82, 2.24) is 10.3 Å². The number of carbonyl (C=O) groups excluding carboxylic acids is 3. The second-order valence-electron chi connectivity index (χ2n) is 17.8. The summed E-state index contributed by atoms with van der Waals surface area (Å²) in [5, 5.41) is 37.6. The fourth-order valence-corrected chi connectivity index (χ4v) is 11.9. The van der Waals surface area contributed by atoms with Gasteiger partial charge in [-0.3, -0.25) is 9.59 Å². The summed E-state index contributed by atoms with van der Waals surface area (Å²) in [6.07, 6.45) is 12.3. The predicted molar refractivity (Wildman–Crippen MR) is 220 cm³/mol. The maximum absolute atomic E-state index is 15.2. The van der Waals surface area contributed by atoms with Crippen molar-refractivity contribution in [2.45, 2.75) is 129 Å². The first-order valence-electron chi connectivity index (χ1n) is 20.9. The van der Waals surface area contributed by atoms with Crippen LogP contribution in [0, 0.1) is 40.4 Å². The number of aliphatic hydroxyl groups is 2. The minimum absolute atomic E-state index is 0.0225. The number of aromatic nitrogens is 1. The molecule has 59 heavy (non-hydrogen) atoms. The number of H-pyrrole nitrogens is 1. The second-order valence-corrected chi connectivity index (χ2v) is 18.6. The highest BCUT2D eigenvalue weighted by Crippen LogP contribution is 2.61. The van der Waals surface area contributed by atoms with Crippen LogP contribution in [0.1, 0.15) is 103 Å². The molecule has 320 valence electrons. The third-order valence-corrected chi connectivity index (χ3v) is 14.9. The molecule has 2 saturated heterocycles. The van der Waals surface area contributed by atoms with E-state index in [-0.39, 0.29) is 69.3 Å². The predicted octanol–water partition coefficient (Wildman–Crippen LogP) is 7.97. The molecule has 3 heterocycles. The maximum atomic E-state index is 15.2. The zero-order chi connectivity index (χ0) is 42.8. The lowest BCUT2D eigenvalue weighted by Gasteiger charge is -2.55. The van der Waals surface area contributed by atoms with Crippen molar-refractivity contribution in [3.8, 4) is 0 Å². The standard InChI is InChI=1S/C45H56Cl2N2O10/c1-7-25-20-45-39(52)34(42(56)59-45)38(51)44(8-2)26(12-10-9-11-22(3)19-43(45,6)21-28(25)41(54)55)14-15-27-29(44)16-13-23(4)37(27)58-33-18-31(50)35(24(5)57-33)49-40(53)36-30(46)17-32(47)48-36/h9-10,14-15,17,19,21,23-27,29,31,33,35,37,48,50-51H,7-8,11-13,16,18,20H2,1-6H3,(H,49,53)(H,54,55)/b10-9+,22-19-,38-34?/t23-,24+,25-,26+,27-,29+,31+,33-,35+,37-,43-,44+,45+/m0/s1. The number of halogens is 2. The molecule has 1 saturated carbocycles. The van der Waals surface area contributed by atoms with Gasteiger partial charge in [0.15, 0.2) is 11.9 Å². The molecular weight excluding hydrogens is 799 g/mol. The Labute approximate surface area is 355 Å². The Morgan fingerprint density at radius 2 is 1.85 bits per heavy atom. The number of ether oxygens (including phenoxy) is 3. The van der Waals surface area contributed by atoms with Crippen LogP contribution in [0.3, 0.4) is 0 Å². The number of nitrogens with one attached hydrogen (secondary N) is 2. The molecule has 2 aliphatic heterocycles.